The molecule has 12 heteroatoms. The average Bonchev–Trinajstić information content (AvgIpc) is 3.19. The highest BCUT2D eigenvalue weighted by atomic mass is 19.4. The standard InChI is InChI=1S/C25H18F4N6O2/c1-13(32-23(36)20-21(30)33-34-11-3-10-31-22(20)34)18-12-14-4-2-5-17(25(27,28)29)19(14)24(37)35(18)16-8-6-15(26)7-9-16/h2-13H,1H3,(H2,30,33)(H,32,36)/t13-/m0/s1. The first-order chi connectivity index (χ1) is 17.6. The van der Waals surface area contributed by atoms with Gasteiger partial charge in [-0.1, -0.05) is 12.1 Å². The average molecular weight is 510 g/mol. The fraction of sp³-hybridized carbons (Fsp3) is 0.120. The van der Waals surface area contributed by atoms with Crippen LogP contribution in [-0.2, 0) is 6.18 Å². The molecule has 3 N–H and O–H groups in total. The Balaban J connectivity index is 1.68. The van der Waals surface area contributed by atoms with Gasteiger partial charge in [0.2, 0.25) is 0 Å². The first-order valence-electron chi connectivity index (χ1n) is 11.0. The van der Waals surface area contributed by atoms with Gasteiger partial charge in [-0.3, -0.25) is 14.2 Å². The number of nitrogen functional groups attached to an aromatic ring is 1. The number of alkyl halides is 3. The Bertz CT molecular complexity index is 1720. The summed E-state index contributed by atoms with van der Waals surface area (Å²) in [5, 5.41) is 6.26. The minimum Gasteiger partial charge on any atom is -0.381 e. The lowest BCUT2D eigenvalue weighted by Crippen LogP contribution is -2.33. The number of halogens is 4. The van der Waals surface area contributed by atoms with Crippen LogP contribution >= 0.6 is 0 Å². The Kier molecular flexibility index (Phi) is 5.66. The fourth-order valence-corrected chi connectivity index (χ4v) is 4.26. The van der Waals surface area contributed by atoms with Crippen molar-refractivity contribution in [3.05, 3.63) is 100.0 Å². The first kappa shape index (κ1) is 24.0. The van der Waals surface area contributed by atoms with E-state index in [4.69, 9.17) is 5.73 Å². The third-order valence-electron chi connectivity index (χ3n) is 5.91. The molecule has 0 aliphatic heterocycles. The third kappa shape index (κ3) is 4.15. The summed E-state index contributed by atoms with van der Waals surface area (Å²) < 4.78 is 57.2. The van der Waals surface area contributed by atoms with Gasteiger partial charge in [-0.25, -0.2) is 13.9 Å². The van der Waals surface area contributed by atoms with Crippen molar-refractivity contribution in [2.75, 3.05) is 5.73 Å². The first-order valence-corrected chi connectivity index (χ1v) is 11.0. The van der Waals surface area contributed by atoms with Gasteiger partial charge in [-0.15, -0.1) is 5.10 Å². The van der Waals surface area contributed by atoms with Crippen LogP contribution in [0.15, 0.2) is 71.8 Å². The molecule has 3 aromatic heterocycles. The van der Waals surface area contributed by atoms with E-state index in [9.17, 15) is 27.2 Å². The molecule has 5 rings (SSSR count). The van der Waals surface area contributed by atoms with Crippen LogP contribution in [0.4, 0.5) is 23.4 Å². The third-order valence-corrected chi connectivity index (χ3v) is 5.91. The number of pyridine rings is 1. The van der Waals surface area contributed by atoms with E-state index in [-0.39, 0.29) is 33.8 Å². The number of rotatable bonds is 4. The number of hydrogen-bond donors (Lipinski definition) is 2. The lowest BCUT2D eigenvalue weighted by atomic mass is 10.0. The lowest BCUT2D eigenvalue weighted by molar-refractivity contribution is -0.136. The minimum absolute atomic E-state index is 0.00303. The number of benzene rings is 2. The van der Waals surface area contributed by atoms with Crippen molar-refractivity contribution >= 4 is 28.1 Å². The number of fused-ring (bicyclic) bond motifs is 2. The molecule has 2 aromatic carbocycles. The molecule has 0 saturated heterocycles. The van der Waals surface area contributed by atoms with Gasteiger partial charge in [-0.05, 0) is 54.8 Å². The van der Waals surface area contributed by atoms with E-state index in [1.807, 2.05) is 0 Å². The van der Waals surface area contributed by atoms with Crippen molar-refractivity contribution in [3.8, 4) is 5.69 Å². The summed E-state index contributed by atoms with van der Waals surface area (Å²) in [7, 11) is 0. The Hall–Kier alpha value is -4.74. The van der Waals surface area contributed by atoms with Crippen LogP contribution in [0.25, 0.3) is 22.1 Å². The second kappa shape index (κ2) is 8.73. The molecule has 0 spiro atoms. The second-order valence-electron chi connectivity index (χ2n) is 8.30. The molecule has 1 atom stereocenters. The van der Waals surface area contributed by atoms with Gasteiger partial charge in [-0.2, -0.15) is 13.2 Å². The van der Waals surface area contributed by atoms with Gasteiger partial charge in [0, 0.05) is 23.8 Å². The molecule has 0 saturated carbocycles. The normalized spacial score (nSPS) is 12.7. The van der Waals surface area contributed by atoms with Gasteiger partial charge in [0.15, 0.2) is 11.5 Å². The summed E-state index contributed by atoms with van der Waals surface area (Å²) in [6.45, 7) is 1.56. The molecular weight excluding hydrogens is 492 g/mol. The lowest BCUT2D eigenvalue weighted by Gasteiger charge is -2.22. The summed E-state index contributed by atoms with van der Waals surface area (Å²) in [5.41, 5.74) is 4.36. The Morgan fingerprint density at radius 2 is 1.84 bits per heavy atom. The summed E-state index contributed by atoms with van der Waals surface area (Å²) >= 11 is 0. The maximum atomic E-state index is 13.8. The van der Waals surface area contributed by atoms with Crippen molar-refractivity contribution in [2.45, 2.75) is 19.1 Å². The quantitative estimate of drug-likeness (QED) is 0.352. The topological polar surface area (TPSA) is 107 Å². The van der Waals surface area contributed by atoms with Crippen molar-refractivity contribution in [1.29, 1.82) is 0 Å². The number of hydrogen-bond acceptors (Lipinski definition) is 5. The van der Waals surface area contributed by atoms with Crippen LogP contribution in [-0.4, -0.2) is 25.1 Å². The molecular formula is C25H18F4N6O2. The van der Waals surface area contributed by atoms with Crippen LogP contribution in [0.2, 0.25) is 0 Å². The molecule has 0 bridgehead atoms. The highest BCUT2D eigenvalue weighted by Gasteiger charge is 2.34. The van der Waals surface area contributed by atoms with Crippen LogP contribution in [0.5, 0.6) is 0 Å². The van der Waals surface area contributed by atoms with Gasteiger partial charge in [0.25, 0.3) is 11.5 Å². The molecule has 5 aromatic rings. The largest absolute Gasteiger partial charge is 0.417 e. The number of carbonyl (C=O) groups is 1. The number of nitrogens with one attached hydrogen (secondary N) is 1. The van der Waals surface area contributed by atoms with Gasteiger partial charge >= 0.3 is 6.18 Å². The molecule has 0 fully saturated rings. The van der Waals surface area contributed by atoms with E-state index < -0.39 is 40.5 Å². The molecule has 1 amide bonds. The van der Waals surface area contributed by atoms with Crippen molar-refractivity contribution in [3.63, 3.8) is 0 Å². The Morgan fingerprint density at radius 3 is 2.54 bits per heavy atom. The molecule has 188 valence electrons. The zero-order valence-electron chi connectivity index (χ0n) is 19.1. The maximum Gasteiger partial charge on any atom is 0.417 e. The molecule has 3 heterocycles. The fourth-order valence-electron chi connectivity index (χ4n) is 4.26. The molecule has 0 radical (unpaired) electrons. The van der Waals surface area contributed by atoms with E-state index >= 15 is 0 Å². The van der Waals surface area contributed by atoms with E-state index in [1.54, 1.807) is 19.2 Å². The van der Waals surface area contributed by atoms with Gasteiger partial charge in [0.1, 0.15) is 11.4 Å². The van der Waals surface area contributed by atoms with E-state index in [0.29, 0.717) is 0 Å². The zero-order valence-corrected chi connectivity index (χ0v) is 19.1. The predicted octanol–water partition coefficient (Wildman–Crippen LogP) is 4.26. The maximum absolute atomic E-state index is 13.8. The summed E-state index contributed by atoms with van der Waals surface area (Å²) in [6, 6.07) is 10.2. The number of amides is 1. The van der Waals surface area contributed by atoms with Crippen LogP contribution in [0.1, 0.15) is 34.6 Å². The SMILES string of the molecule is C[C@H](NC(=O)c1c(N)nn2cccnc12)c1cc2cccc(C(F)(F)F)c2c(=O)n1-c1ccc(F)cc1. The van der Waals surface area contributed by atoms with Crippen LogP contribution in [0, 0.1) is 5.82 Å². The Morgan fingerprint density at radius 1 is 1.11 bits per heavy atom. The number of nitrogens with zero attached hydrogens (tertiary/aromatic N) is 4. The molecule has 0 unspecified atom stereocenters. The number of nitrogens with two attached hydrogens (primary N) is 1. The number of anilines is 1. The van der Waals surface area contributed by atoms with Gasteiger partial charge < -0.3 is 11.1 Å². The minimum atomic E-state index is -4.78. The van der Waals surface area contributed by atoms with Crippen molar-refractivity contribution < 1.29 is 22.4 Å². The number of carbonyl (C=O) groups excluding carboxylic acids is 1. The zero-order chi connectivity index (χ0) is 26.5. The summed E-state index contributed by atoms with van der Waals surface area (Å²) in [5.74, 6) is -1.32. The highest BCUT2D eigenvalue weighted by molar-refractivity contribution is 6.04. The van der Waals surface area contributed by atoms with Crippen LogP contribution < -0.4 is 16.6 Å². The van der Waals surface area contributed by atoms with E-state index in [2.05, 4.69) is 15.4 Å². The smallest absolute Gasteiger partial charge is 0.381 e. The van der Waals surface area contributed by atoms with Crippen molar-refractivity contribution in [2.24, 2.45) is 0 Å². The van der Waals surface area contributed by atoms with E-state index in [0.717, 1.165) is 22.8 Å². The highest BCUT2D eigenvalue weighted by Crippen LogP contribution is 2.34. The molecule has 0 aliphatic carbocycles. The molecule has 0 aliphatic rings. The number of aromatic nitrogens is 4. The monoisotopic (exact) mass is 510 g/mol. The summed E-state index contributed by atoms with van der Waals surface area (Å²) in [6.07, 6.45) is -1.76. The molecule has 8 nitrogen and oxygen atoms in total. The Labute approximate surface area is 206 Å². The molecule has 37 heavy (non-hydrogen) atoms. The van der Waals surface area contributed by atoms with Crippen molar-refractivity contribution in [1.82, 2.24) is 24.5 Å². The van der Waals surface area contributed by atoms with Crippen LogP contribution in [0.3, 0.4) is 0 Å². The second-order valence-corrected chi connectivity index (χ2v) is 8.30. The van der Waals surface area contributed by atoms with E-state index in [1.165, 1.54) is 41.0 Å². The summed E-state index contributed by atoms with van der Waals surface area (Å²) in [4.78, 5) is 30.9. The van der Waals surface area contributed by atoms with Gasteiger partial charge in [0.05, 0.1) is 17.0 Å². The predicted molar refractivity (Wildman–Crippen MR) is 128 cm³/mol.